The lowest BCUT2D eigenvalue weighted by Crippen LogP contribution is -2.64. The van der Waals surface area contributed by atoms with Crippen LogP contribution in [0.3, 0.4) is 0 Å². The topological polar surface area (TPSA) is 52.6 Å². The van der Waals surface area contributed by atoms with Gasteiger partial charge in [-0.05, 0) is 70.3 Å². The van der Waals surface area contributed by atoms with Gasteiger partial charge in [0.2, 0.25) is 5.60 Å². The van der Waals surface area contributed by atoms with Crippen molar-refractivity contribution >= 4 is 11.8 Å². The van der Waals surface area contributed by atoms with E-state index in [1.54, 1.807) is 6.08 Å². The molecule has 1 saturated carbocycles. The summed E-state index contributed by atoms with van der Waals surface area (Å²) in [6, 6.07) is 10.1. The molecular weight excluding hydrogens is 436 g/mol. The number of allylic oxidation sites excluding steroid dienone is 3. The molecule has 0 aromatic heterocycles. The Bertz CT molecular complexity index is 1110. The van der Waals surface area contributed by atoms with Crippen molar-refractivity contribution in [1.29, 1.82) is 0 Å². The van der Waals surface area contributed by atoms with Crippen LogP contribution in [-0.2, 0) is 24.7 Å². The fourth-order valence-corrected chi connectivity index (χ4v) is 7.57. The molecule has 4 heteroatoms. The van der Waals surface area contributed by atoms with Gasteiger partial charge in [-0.2, -0.15) is 0 Å². The van der Waals surface area contributed by atoms with E-state index in [-0.39, 0.29) is 30.1 Å². The zero-order chi connectivity index (χ0) is 25.2. The number of fused-ring (bicyclic) bond motifs is 4. The highest BCUT2D eigenvalue weighted by Gasteiger charge is 2.83. The van der Waals surface area contributed by atoms with Gasteiger partial charge in [0.25, 0.3) is 0 Å². The van der Waals surface area contributed by atoms with Gasteiger partial charge >= 0.3 is 5.97 Å². The first-order chi connectivity index (χ1) is 16.6. The van der Waals surface area contributed by atoms with Gasteiger partial charge in [0.15, 0.2) is 5.78 Å². The molecule has 1 spiro atoms. The summed E-state index contributed by atoms with van der Waals surface area (Å²) in [6.45, 7) is 14.7. The third kappa shape index (κ3) is 3.08. The number of rotatable bonds is 6. The predicted octanol–water partition coefficient (Wildman–Crippen LogP) is 6.18. The standard InChI is InChI=1S/C31H38O4/c1-7-29(6)18-34-28(33)31(29)27(32)26-24-23(20(4)13-11-12-19(2)3)17-16-21(5)25(24)30(26,35-31)22-14-9-8-10-15-22/h7-10,12,14-16,20,23-26H,1,11,13,17-18H2,2-6H3/t20-,23+,24-,25+,26+,29+,30+,31+/m0/s1. The quantitative estimate of drug-likeness (QED) is 0.281. The van der Waals surface area contributed by atoms with Crippen molar-refractivity contribution in [3.05, 3.63) is 71.8 Å². The molecule has 0 amide bonds. The third-order valence-electron chi connectivity index (χ3n) is 9.52. The van der Waals surface area contributed by atoms with Crippen molar-refractivity contribution < 1.29 is 19.1 Å². The van der Waals surface area contributed by atoms with E-state index in [4.69, 9.17) is 9.47 Å². The summed E-state index contributed by atoms with van der Waals surface area (Å²) in [5.41, 5.74) is 0.197. The van der Waals surface area contributed by atoms with E-state index in [2.05, 4.69) is 58.6 Å². The molecule has 5 rings (SSSR count). The average molecular weight is 475 g/mol. The molecule has 1 aromatic carbocycles. The number of cyclic esters (lactones) is 1. The first kappa shape index (κ1) is 24.2. The highest BCUT2D eigenvalue weighted by Crippen LogP contribution is 2.73. The molecule has 4 nitrogen and oxygen atoms in total. The molecule has 186 valence electrons. The molecule has 2 heterocycles. The first-order valence-corrected chi connectivity index (χ1v) is 13.0. The first-order valence-electron chi connectivity index (χ1n) is 13.0. The van der Waals surface area contributed by atoms with Crippen LogP contribution in [0.25, 0.3) is 0 Å². The predicted molar refractivity (Wildman–Crippen MR) is 136 cm³/mol. The molecule has 8 atom stereocenters. The lowest BCUT2D eigenvalue weighted by Gasteiger charge is -2.62. The van der Waals surface area contributed by atoms with Gasteiger partial charge in [0.05, 0.1) is 11.3 Å². The van der Waals surface area contributed by atoms with E-state index in [1.165, 1.54) is 11.1 Å². The van der Waals surface area contributed by atoms with Crippen molar-refractivity contribution in [2.45, 2.75) is 65.1 Å². The summed E-state index contributed by atoms with van der Waals surface area (Å²) in [7, 11) is 0. The highest BCUT2D eigenvalue weighted by atomic mass is 16.6. The normalized spacial score (nSPS) is 40.3. The van der Waals surface area contributed by atoms with Crippen LogP contribution in [-0.4, -0.2) is 24.0 Å². The monoisotopic (exact) mass is 474 g/mol. The van der Waals surface area contributed by atoms with Crippen LogP contribution in [0.15, 0.2) is 66.3 Å². The summed E-state index contributed by atoms with van der Waals surface area (Å²) >= 11 is 0. The SMILES string of the molecule is C=C[C@]1(C)COC(=O)[C@@]12O[C@]1(c3ccccc3)[C@@H]3C(C)=CC[C@H]([C@@H](C)CCC=C(C)C)[C@@H]3[C@@H]1C2=O. The minimum atomic E-state index is -1.64. The van der Waals surface area contributed by atoms with E-state index < -0.39 is 22.6 Å². The fourth-order valence-electron chi connectivity index (χ4n) is 7.57. The molecule has 0 N–H and O–H groups in total. The Labute approximate surface area is 209 Å². The Kier molecular flexibility index (Phi) is 5.75. The molecule has 4 aliphatic rings. The number of benzene rings is 1. The van der Waals surface area contributed by atoms with E-state index >= 15 is 0 Å². The number of carbonyl (C=O) groups is 2. The number of hydrogen-bond donors (Lipinski definition) is 0. The third-order valence-corrected chi connectivity index (χ3v) is 9.52. The summed E-state index contributed by atoms with van der Waals surface area (Å²) < 4.78 is 12.5. The van der Waals surface area contributed by atoms with Gasteiger partial charge in [-0.1, -0.05) is 66.6 Å². The molecule has 2 aliphatic heterocycles. The summed E-state index contributed by atoms with van der Waals surface area (Å²) in [5, 5.41) is 0. The number of hydrogen-bond acceptors (Lipinski definition) is 4. The highest BCUT2D eigenvalue weighted by molar-refractivity contribution is 6.13. The molecule has 35 heavy (non-hydrogen) atoms. The van der Waals surface area contributed by atoms with Crippen molar-refractivity contribution in [2.24, 2.45) is 35.0 Å². The van der Waals surface area contributed by atoms with Crippen LogP contribution in [0.2, 0.25) is 0 Å². The Balaban J connectivity index is 1.63. The molecule has 0 bridgehead atoms. The summed E-state index contributed by atoms with van der Waals surface area (Å²) in [4.78, 5) is 27.8. The average Bonchev–Trinajstić information content (AvgIpc) is 3.22. The number of Topliss-reactive ketones (excluding diaryl/α,β-unsaturated/α-hetero) is 1. The molecule has 3 fully saturated rings. The molecule has 2 aliphatic carbocycles. The largest absolute Gasteiger partial charge is 0.462 e. The minimum absolute atomic E-state index is 0.0605. The van der Waals surface area contributed by atoms with Gasteiger partial charge in [-0.15, -0.1) is 6.58 Å². The zero-order valence-corrected chi connectivity index (χ0v) is 21.7. The van der Waals surface area contributed by atoms with Crippen LogP contribution >= 0.6 is 0 Å². The second-order valence-corrected chi connectivity index (χ2v) is 11.7. The number of ketones is 1. The second-order valence-electron chi connectivity index (χ2n) is 11.7. The maximum Gasteiger partial charge on any atom is 0.347 e. The Morgan fingerprint density at radius 2 is 1.91 bits per heavy atom. The number of carbonyl (C=O) groups excluding carboxylic acids is 2. The summed E-state index contributed by atoms with van der Waals surface area (Å²) in [5.74, 6) is -0.00100. The van der Waals surface area contributed by atoms with Gasteiger partial charge in [-0.3, -0.25) is 4.79 Å². The van der Waals surface area contributed by atoms with Crippen LogP contribution in [0.5, 0.6) is 0 Å². The van der Waals surface area contributed by atoms with Crippen molar-refractivity contribution in [3.63, 3.8) is 0 Å². The van der Waals surface area contributed by atoms with E-state index in [0.717, 1.165) is 24.8 Å². The van der Waals surface area contributed by atoms with Crippen LogP contribution in [0.4, 0.5) is 0 Å². The van der Waals surface area contributed by atoms with Crippen molar-refractivity contribution in [3.8, 4) is 0 Å². The molecule has 2 saturated heterocycles. The smallest absolute Gasteiger partial charge is 0.347 e. The van der Waals surface area contributed by atoms with Gasteiger partial charge in [0, 0.05) is 5.92 Å². The van der Waals surface area contributed by atoms with Crippen LogP contribution in [0.1, 0.15) is 59.4 Å². The van der Waals surface area contributed by atoms with E-state index in [0.29, 0.717) is 11.8 Å². The molecule has 0 unspecified atom stereocenters. The Morgan fingerprint density at radius 3 is 2.57 bits per heavy atom. The van der Waals surface area contributed by atoms with E-state index in [1.807, 2.05) is 25.1 Å². The maximum absolute atomic E-state index is 14.5. The van der Waals surface area contributed by atoms with Crippen LogP contribution < -0.4 is 0 Å². The minimum Gasteiger partial charge on any atom is -0.462 e. The lowest BCUT2D eigenvalue weighted by atomic mass is 9.42. The molecular formula is C31H38O4. The fraction of sp³-hybridized carbons (Fsp3) is 0.548. The molecule has 0 radical (unpaired) electrons. The van der Waals surface area contributed by atoms with Crippen LogP contribution in [0, 0.1) is 35.0 Å². The van der Waals surface area contributed by atoms with E-state index in [9.17, 15) is 9.59 Å². The van der Waals surface area contributed by atoms with Crippen molar-refractivity contribution in [2.75, 3.05) is 6.61 Å². The van der Waals surface area contributed by atoms with Gasteiger partial charge < -0.3 is 9.47 Å². The summed E-state index contributed by atoms with van der Waals surface area (Å²) in [6.07, 6.45) is 9.44. The zero-order valence-electron chi connectivity index (χ0n) is 21.7. The van der Waals surface area contributed by atoms with Crippen molar-refractivity contribution in [1.82, 2.24) is 0 Å². The Hall–Kier alpha value is -2.46. The lowest BCUT2D eigenvalue weighted by molar-refractivity contribution is -0.234. The Morgan fingerprint density at radius 1 is 1.20 bits per heavy atom. The maximum atomic E-state index is 14.5. The number of esters is 1. The van der Waals surface area contributed by atoms with Gasteiger partial charge in [0.1, 0.15) is 12.2 Å². The second kappa shape index (κ2) is 8.30. The molecule has 1 aromatic rings. The van der Waals surface area contributed by atoms with Gasteiger partial charge in [-0.25, -0.2) is 4.79 Å². The number of ether oxygens (including phenoxy) is 2.